The molecule has 1 aromatic rings. The van der Waals surface area contributed by atoms with Crippen LogP contribution in [0.5, 0.6) is 5.75 Å². The summed E-state index contributed by atoms with van der Waals surface area (Å²) >= 11 is 3.72. The summed E-state index contributed by atoms with van der Waals surface area (Å²) in [6.07, 6.45) is 0. The minimum atomic E-state index is -4.15. The molecule has 18 heavy (non-hydrogen) atoms. The molecule has 2 N–H and O–H groups in total. The number of hydrogen-bond acceptors (Lipinski definition) is 5. The maximum absolute atomic E-state index is 11.6. The van der Waals surface area contributed by atoms with E-state index in [0.717, 1.165) is 0 Å². The molecule has 0 amide bonds. The molecular formula is C9H8I2O6S. The average Bonchev–Trinajstić information content (AvgIpc) is 2.23. The van der Waals surface area contributed by atoms with E-state index in [9.17, 15) is 18.3 Å². The summed E-state index contributed by atoms with van der Waals surface area (Å²) in [7, 11) is -4.15. The molecule has 0 saturated heterocycles. The van der Waals surface area contributed by atoms with E-state index in [1.807, 2.05) is 45.2 Å². The minimum absolute atomic E-state index is 0.0747. The van der Waals surface area contributed by atoms with Crippen LogP contribution in [0.4, 0.5) is 0 Å². The fourth-order valence-corrected chi connectivity index (χ4v) is 3.07. The first kappa shape index (κ1) is 15.9. The topological polar surface area (TPSA) is 101 Å². The Balaban J connectivity index is 2.74. The monoisotopic (exact) mass is 498 g/mol. The van der Waals surface area contributed by atoms with Gasteiger partial charge in [0.25, 0.3) is 10.1 Å². The molecule has 0 fully saturated rings. The van der Waals surface area contributed by atoms with Crippen LogP contribution < -0.4 is 0 Å². The van der Waals surface area contributed by atoms with Crippen molar-refractivity contribution >= 4 is 61.3 Å². The highest BCUT2D eigenvalue weighted by molar-refractivity contribution is 14.1. The Hall–Kier alpha value is -0.140. The second-order valence-electron chi connectivity index (χ2n) is 3.21. The van der Waals surface area contributed by atoms with Crippen molar-refractivity contribution in [1.82, 2.24) is 0 Å². The highest BCUT2D eigenvalue weighted by atomic mass is 127. The maximum atomic E-state index is 11.6. The summed E-state index contributed by atoms with van der Waals surface area (Å²) in [4.78, 5) is 11.6. The lowest BCUT2D eigenvalue weighted by atomic mass is 10.2. The van der Waals surface area contributed by atoms with Gasteiger partial charge in [-0.1, -0.05) is 0 Å². The molecule has 0 atom stereocenters. The van der Waals surface area contributed by atoms with E-state index in [0.29, 0.717) is 7.14 Å². The van der Waals surface area contributed by atoms with Gasteiger partial charge in [-0.05, 0) is 57.3 Å². The van der Waals surface area contributed by atoms with Crippen LogP contribution in [0, 0.1) is 7.14 Å². The van der Waals surface area contributed by atoms with Crippen molar-refractivity contribution in [3.63, 3.8) is 0 Å². The van der Waals surface area contributed by atoms with Crippen molar-refractivity contribution < 1.29 is 27.6 Å². The van der Waals surface area contributed by atoms with Gasteiger partial charge in [-0.2, -0.15) is 8.42 Å². The van der Waals surface area contributed by atoms with Gasteiger partial charge in [0, 0.05) is 0 Å². The van der Waals surface area contributed by atoms with Gasteiger partial charge in [-0.15, -0.1) is 0 Å². The lowest BCUT2D eigenvalue weighted by Gasteiger charge is -2.06. The van der Waals surface area contributed by atoms with Crippen molar-refractivity contribution in [2.45, 2.75) is 0 Å². The third-order valence-electron chi connectivity index (χ3n) is 1.83. The van der Waals surface area contributed by atoms with Crippen LogP contribution in [0.2, 0.25) is 0 Å². The number of ether oxygens (including phenoxy) is 1. The summed E-state index contributed by atoms with van der Waals surface area (Å²) < 4.78 is 35.0. The molecule has 0 aromatic heterocycles. The number of carbonyl (C=O) groups excluding carboxylic acids is 1. The quantitative estimate of drug-likeness (QED) is 0.372. The first-order chi connectivity index (χ1) is 8.20. The third-order valence-corrected chi connectivity index (χ3v) is 4.15. The molecule has 0 aliphatic rings. The van der Waals surface area contributed by atoms with Crippen molar-refractivity contribution in [2.75, 3.05) is 12.4 Å². The van der Waals surface area contributed by atoms with E-state index in [-0.39, 0.29) is 11.3 Å². The van der Waals surface area contributed by atoms with E-state index in [1.54, 1.807) is 0 Å². The van der Waals surface area contributed by atoms with Gasteiger partial charge in [-0.25, -0.2) is 4.79 Å². The number of carbonyl (C=O) groups is 1. The van der Waals surface area contributed by atoms with Crippen LogP contribution in [0.3, 0.4) is 0 Å². The molecule has 0 aliphatic heterocycles. The Bertz CT molecular complexity index is 545. The zero-order valence-corrected chi connectivity index (χ0v) is 13.9. The van der Waals surface area contributed by atoms with Crippen LogP contribution in [-0.4, -0.2) is 36.4 Å². The van der Waals surface area contributed by atoms with E-state index in [4.69, 9.17) is 4.55 Å². The summed E-state index contributed by atoms with van der Waals surface area (Å²) in [5.74, 6) is -1.29. The Kier molecular flexibility index (Phi) is 5.61. The molecular weight excluding hydrogens is 490 g/mol. The van der Waals surface area contributed by atoms with Crippen LogP contribution in [0.1, 0.15) is 10.4 Å². The van der Waals surface area contributed by atoms with Crippen molar-refractivity contribution in [3.8, 4) is 5.75 Å². The van der Waals surface area contributed by atoms with Crippen LogP contribution in [0.15, 0.2) is 12.1 Å². The molecule has 0 unspecified atom stereocenters. The van der Waals surface area contributed by atoms with Crippen LogP contribution in [0.25, 0.3) is 0 Å². The van der Waals surface area contributed by atoms with Gasteiger partial charge in [0.2, 0.25) is 0 Å². The second kappa shape index (κ2) is 6.34. The van der Waals surface area contributed by atoms with E-state index >= 15 is 0 Å². The minimum Gasteiger partial charge on any atom is -0.506 e. The molecule has 6 nitrogen and oxygen atoms in total. The van der Waals surface area contributed by atoms with E-state index in [1.165, 1.54) is 12.1 Å². The van der Waals surface area contributed by atoms with E-state index in [2.05, 4.69) is 4.74 Å². The predicted molar refractivity (Wildman–Crippen MR) is 80.2 cm³/mol. The molecule has 0 radical (unpaired) electrons. The first-order valence-electron chi connectivity index (χ1n) is 4.51. The van der Waals surface area contributed by atoms with Gasteiger partial charge in [0.1, 0.15) is 18.1 Å². The maximum Gasteiger partial charge on any atom is 0.338 e. The number of hydrogen-bond donors (Lipinski definition) is 2. The molecule has 0 saturated carbocycles. The van der Waals surface area contributed by atoms with E-state index < -0.39 is 28.4 Å². The number of phenols is 1. The number of rotatable bonds is 4. The average molecular weight is 498 g/mol. The summed E-state index contributed by atoms with van der Waals surface area (Å²) in [5.41, 5.74) is 0.205. The zero-order valence-electron chi connectivity index (χ0n) is 8.76. The van der Waals surface area contributed by atoms with Crippen LogP contribution >= 0.6 is 45.2 Å². The van der Waals surface area contributed by atoms with Gasteiger partial charge < -0.3 is 9.84 Å². The van der Waals surface area contributed by atoms with Gasteiger partial charge in [0.05, 0.1) is 12.7 Å². The second-order valence-corrected chi connectivity index (χ2v) is 7.11. The molecule has 1 rings (SSSR count). The standard InChI is InChI=1S/C9H8I2O6S/c10-6-3-5(4-7(11)8(6)12)9(13)17-1-2-18(14,15)16/h3-4,12H,1-2H2,(H,14,15,16). The van der Waals surface area contributed by atoms with Crippen molar-refractivity contribution in [3.05, 3.63) is 24.8 Å². The fraction of sp³-hybridized carbons (Fsp3) is 0.222. The Labute approximate surface area is 131 Å². The summed E-state index contributed by atoms with van der Waals surface area (Å²) in [6.45, 7) is -0.425. The molecule has 0 heterocycles. The number of benzene rings is 1. The highest BCUT2D eigenvalue weighted by Crippen LogP contribution is 2.27. The smallest absolute Gasteiger partial charge is 0.338 e. The van der Waals surface area contributed by atoms with Crippen molar-refractivity contribution in [1.29, 1.82) is 0 Å². The number of halogens is 2. The summed E-state index contributed by atoms with van der Waals surface area (Å²) in [5, 5.41) is 9.52. The Morgan fingerprint density at radius 2 is 1.78 bits per heavy atom. The number of phenolic OH excluding ortho intramolecular Hbond substituents is 1. The molecule has 0 spiro atoms. The number of aromatic hydroxyl groups is 1. The predicted octanol–water partition coefficient (Wildman–Crippen LogP) is 1.65. The van der Waals surface area contributed by atoms with Gasteiger partial charge in [0.15, 0.2) is 0 Å². The lowest BCUT2D eigenvalue weighted by molar-refractivity contribution is 0.0528. The highest BCUT2D eigenvalue weighted by Gasteiger charge is 2.14. The zero-order chi connectivity index (χ0) is 13.9. The van der Waals surface area contributed by atoms with Crippen molar-refractivity contribution in [2.24, 2.45) is 0 Å². The molecule has 0 aliphatic carbocycles. The SMILES string of the molecule is O=C(OCCS(=O)(=O)O)c1cc(I)c(O)c(I)c1. The number of esters is 1. The Morgan fingerprint density at radius 3 is 2.22 bits per heavy atom. The Morgan fingerprint density at radius 1 is 1.28 bits per heavy atom. The van der Waals surface area contributed by atoms with Gasteiger partial charge in [-0.3, -0.25) is 4.55 Å². The molecule has 1 aromatic carbocycles. The third kappa shape index (κ3) is 4.85. The molecule has 0 bridgehead atoms. The summed E-state index contributed by atoms with van der Waals surface area (Å²) in [6, 6.07) is 2.85. The fourth-order valence-electron chi connectivity index (χ4n) is 1.01. The first-order valence-corrected chi connectivity index (χ1v) is 8.27. The van der Waals surface area contributed by atoms with Crippen LogP contribution in [-0.2, 0) is 14.9 Å². The normalized spacial score (nSPS) is 11.3. The largest absolute Gasteiger partial charge is 0.506 e. The lowest BCUT2D eigenvalue weighted by Crippen LogP contribution is -2.15. The van der Waals surface area contributed by atoms with Gasteiger partial charge >= 0.3 is 5.97 Å². The molecule has 9 heteroatoms. The molecule has 100 valence electrons.